The van der Waals surface area contributed by atoms with Gasteiger partial charge in [-0.3, -0.25) is 0 Å². The molecule has 0 fully saturated rings. The molecule has 33 heavy (non-hydrogen) atoms. The Kier molecular flexibility index (Phi) is 13.3. The lowest BCUT2D eigenvalue weighted by atomic mass is 10.3. The molecule has 0 saturated carbocycles. The van der Waals surface area contributed by atoms with Crippen LogP contribution in [0.5, 0.6) is 17.4 Å². The number of aliphatic hydroxyl groups excluding tert-OH is 1. The van der Waals surface area contributed by atoms with Crippen molar-refractivity contribution in [3.63, 3.8) is 0 Å². The van der Waals surface area contributed by atoms with Crippen molar-refractivity contribution in [1.82, 2.24) is 10.3 Å². The van der Waals surface area contributed by atoms with Gasteiger partial charge in [-0.2, -0.15) is 0 Å². The predicted octanol–water partition coefficient (Wildman–Crippen LogP) is 1.99. The largest absolute Gasteiger partial charge is 0.491 e. The molecule has 0 saturated heterocycles. The number of carboxylic acid groups (broad SMARTS) is 2. The van der Waals surface area contributed by atoms with Gasteiger partial charge in [0.25, 0.3) is 0 Å². The Morgan fingerprint density at radius 1 is 0.939 bits per heavy atom. The van der Waals surface area contributed by atoms with E-state index >= 15 is 0 Å². The van der Waals surface area contributed by atoms with Gasteiger partial charge < -0.3 is 34.8 Å². The molecular formula is C23H30N2O8. The highest BCUT2D eigenvalue weighted by molar-refractivity contribution is 5.89. The second kappa shape index (κ2) is 16.1. The minimum absolute atomic E-state index is 0.248. The van der Waals surface area contributed by atoms with Crippen molar-refractivity contribution in [1.29, 1.82) is 0 Å². The number of hydrogen-bond donors (Lipinski definition) is 4. The average molecular weight is 462 g/mol. The molecule has 1 atom stereocenters. The zero-order valence-electron chi connectivity index (χ0n) is 18.6. The summed E-state index contributed by atoms with van der Waals surface area (Å²) in [6.45, 7) is 5.68. The van der Waals surface area contributed by atoms with E-state index < -0.39 is 18.0 Å². The fourth-order valence-electron chi connectivity index (χ4n) is 2.14. The van der Waals surface area contributed by atoms with Crippen molar-refractivity contribution >= 4 is 11.9 Å². The summed E-state index contributed by atoms with van der Waals surface area (Å²) < 4.78 is 16.6. The van der Waals surface area contributed by atoms with Crippen molar-refractivity contribution in [3.8, 4) is 17.4 Å². The van der Waals surface area contributed by atoms with E-state index in [1.807, 2.05) is 50.2 Å². The number of nitrogens with zero attached hydrogens (tertiary/aromatic N) is 1. The molecule has 0 aliphatic carbocycles. The number of nitrogens with one attached hydrogen (secondary N) is 1. The summed E-state index contributed by atoms with van der Waals surface area (Å²) in [5, 5.41) is 28.6. The highest BCUT2D eigenvalue weighted by atomic mass is 16.5. The number of carboxylic acids is 2. The number of carbonyl (C=O) groups is 2. The monoisotopic (exact) mass is 462 g/mol. The molecule has 2 rings (SSSR count). The summed E-state index contributed by atoms with van der Waals surface area (Å²) in [6.07, 6.45) is 2.26. The SMILES string of the molecule is CC(C)NCC(O)COc1ccc(OCCOc2ccccn2)cc1.O=C(O)/C=C\C(=O)O. The molecule has 0 aliphatic rings. The van der Waals surface area contributed by atoms with Crippen LogP contribution >= 0.6 is 0 Å². The molecule has 0 aliphatic heterocycles. The fraction of sp³-hybridized carbons (Fsp3) is 0.348. The third-order valence-corrected chi connectivity index (χ3v) is 3.64. The molecule has 1 aromatic carbocycles. The van der Waals surface area contributed by atoms with E-state index in [-0.39, 0.29) is 6.61 Å². The smallest absolute Gasteiger partial charge is 0.328 e. The number of pyridine rings is 1. The molecule has 2 aromatic rings. The third kappa shape index (κ3) is 14.9. The van der Waals surface area contributed by atoms with Gasteiger partial charge in [-0.15, -0.1) is 0 Å². The first-order valence-corrected chi connectivity index (χ1v) is 10.2. The number of rotatable bonds is 13. The molecular weight excluding hydrogens is 432 g/mol. The summed E-state index contributed by atoms with van der Waals surface area (Å²) in [5.41, 5.74) is 0. The summed E-state index contributed by atoms with van der Waals surface area (Å²) >= 11 is 0. The van der Waals surface area contributed by atoms with Crippen LogP contribution in [0.25, 0.3) is 0 Å². The Morgan fingerprint density at radius 3 is 2.03 bits per heavy atom. The molecule has 1 unspecified atom stereocenters. The topological polar surface area (TPSA) is 147 Å². The average Bonchev–Trinajstić information content (AvgIpc) is 2.79. The van der Waals surface area contributed by atoms with Gasteiger partial charge >= 0.3 is 11.9 Å². The number of ether oxygens (including phenoxy) is 3. The molecule has 0 radical (unpaired) electrons. The van der Waals surface area contributed by atoms with Gasteiger partial charge in [0.05, 0.1) is 0 Å². The van der Waals surface area contributed by atoms with E-state index in [0.29, 0.717) is 49.6 Å². The van der Waals surface area contributed by atoms with E-state index in [0.717, 1.165) is 5.75 Å². The lowest BCUT2D eigenvalue weighted by Gasteiger charge is -2.15. The number of hydrogen-bond acceptors (Lipinski definition) is 8. The molecule has 180 valence electrons. The number of aromatic nitrogens is 1. The Labute approximate surface area is 192 Å². The van der Waals surface area contributed by atoms with Crippen LogP contribution in [0.4, 0.5) is 0 Å². The molecule has 0 bridgehead atoms. The van der Waals surface area contributed by atoms with Crippen molar-refractivity contribution < 1.29 is 39.1 Å². The standard InChI is InChI=1S/C19H26N2O4.C4H4O4/c1-15(2)21-13-16(22)14-25-18-8-6-17(7-9-18)23-11-12-24-19-5-3-4-10-20-19;5-3(6)1-2-4(7)8/h3-10,15-16,21-22H,11-14H2,1-2H3;1-2H,(H,5,6)(H,7,8)/b;2-1-. The predicted molar refractivity (Wildman–Crippen MR) is 121 cm³/mol. The third-order valence-electron chi connectivity index (χ3n) is 3.64. The van der Waals surface area contributed by atoms with Crippen molar-refractivity contribution in [2.24, 2.45) is 0 Å². The van der Waals surface area contributed by atoms with Gasteiger partial charge in [0, 0.05) is 37.0 Å². The molecule has 1 aromatic heterocycles. The van der Waals surface area contributed by atoms with E-state index in [1.165, 1.54) is 0 Å². The molecule has 4 N–H and O–H groups in total. The van der Waals surface area contributed by atoms with Gasteiger partial charge in [0.2, 0.25) is 5.88 Å². The summed E-state index contributed by atoms with van der Waals surface area (Å²) in [5.74, 6) is -0.500. The van der Waals surface area contributed by atoms with Crippen LogP contribution < -0.4 is 19.5 Å². The normalized spacial score (nSPS) is 11.4. The first-order valence-electron chi connectivity index (χ1n) is 10.2. The van der Waals surface area contributed by atoms with E-state index in [4.69, 9.17) is 24.4 Å². The lowest BCUT2D eigenvalue weighted by Crippen LogP contribution is -2.35. The fourth-order valence-corrected chi connectivity index (χ4v) is 2.14. The Hall–Kier alpha value is -3.63. The van der Waals surface area contributed by atoms with Crippen LogP contribution in [0.15, 0.2) is 60.8 Å². The van der Waals surface area contributed by atoms with Crippen LogP contribution in [0.1, 0.15) is 13.8 Å². The first kappa shape index (κ1) is 27.4. The zero-order chi connectivity index (χ0) is 24.5. The van der Waals surface area contributed by atoms with Gasteiger partial charge in [-0.25, -0.2) is 14.6 Å². The van der Waals surface area contributed by atoms with Gasteiger partial charge in [-0.1, -0.05) is 19.9 Å². The molecule has 0 amide bonds. The lowest BCUT2D eigenvalue weighted by molar-refractivity contribution is -0.134. The second-order valence-corrected chi connectivity index (χ2v) is 6.87. The van der Waals surface area contributed by atoms with E-state index in [2.05, 4.69) is 10.3 Å². The summed E-state index contributed by atoms with van der Waals surface area (Å²) in [6, 6.07) is 13.1. The van der Waals surface area contributed by atoms with E-state index in [9.17, 15) is 14.7 Å². The summed E-state index contributed by atoms with van der Waals surface area (Å²) in [7, 11) is 0. The maximum atomic E-state index is 9.82. The van der Waals surface area contributed by atoms with Crippen LogP contribution in [0.2, 0.25) is 0 Å². The van der Waals surface area contributed by atoms with Crippen LogP contribution in [0, 0.1) is 0 Å². The Balaban J connectivity index is 0.000000582. The number of aliphatic hydroxyl groups is 1. The first-order chi connectivity index (χ1) is 15.8. The number of aliphatic carboxylic acids is 2. The minimum Gasteiger partial charge on any atom is -0.491 e. The van der Waals surface area contributed by atoms with Crippen molar-refractivity contribution in [2.45, 2.75) is 26.0 Å². The quantitative estimate of drug-likeness (QED) is 0.257. The summed E-state index contributed by atoms with van der Waals surface area (Å²) in [4.78, 5) is 23.2. The molecule has 0 spiro atoms. The van der Waals surface area contributed by atoms with Gasteiger partial charge in [0.15, 0.2) is 0 Å². The number of benzene rings is 1. The molecule has 10 nitrogen and oxygen atoms in total. The molecule has 10 heteroatoms. The minimum atomic E-state index is -1.26. The maximum absolute atomic E-state index is 9.82. The Morgan fingerprint density at radius 2 is 1.52 bits per heavy atom. The second-order valence-electron chi connectivity index (χ2n) is 6.87. The van der Waals surface area contributed by atoms with E-state index in [1.54, 1.807) is 12.3 Å². The maximum Gasteiger partial charge on any atom is 0.328 e. The van der Waals surface area contributed by atoms with Crippen molar-refractivity contribution in [3.05, 3.63) is 60.8 Å². The zero-order valence-corrected chi connectivity index (χ0v) is 18.6. The van der Waals surface area contributed by atoms with Crippen LogP contribution in [-0.2, 0) is 9.59 Å². The van der Waals surface area contributed by atoms with Crippen LogP contribution in [0.3, 0.4) is 0 Å². The van der Waals surface area contributed by atoms with Crippen molar-refractivity contribution in [2.75, 3.05) is 26.4 Å². The highest BCUT2D eigenvalue weighted by Crippen LogP contribution is 2.17. The highest BCUT2D eigenvalue weighted by Gasteiger charge is 2.06. The van der Waals surface area contributed by atoms with Crippen LogP contribution in [-0.4, -0.2) is 70.8 Å². The molecule has 1 heterocycles. The Bertz CT molecular complexity index is 825. The van der Waals surface area contributed by atoms with Gasteiger partial charge in [0.1, 0.15) is 37.4 Å². The van der Waals surface area contributed by atoms with Gasteiger partial charge in [-0.05, 0) is 30.3 Å².